The highest BCUT2D eigenvalue weighted by Crippen LogP contribution is 2.27. The van der Waals surface area contributed by atoms with E-state index in [-0.39, 0.29) is 5.91 Å². The first kappa shape index (κ1) is 22.0. The number of tetrazole rings is 1. The summed E-state index contributed by atoms with van der Waals surface area (Å²) < 4.78 is 0. The van der Waals surface area contributed by atoms with Gasteiger partial charge < -0.3 is 4.90 Å². The summed E-state index contributed by atoms with van der Waals surface area (Å²) in [5.41, 5.74) is 5.05. The second-order valence-corrected chi connectivity index (χ2v) is 9.22. The number of anilines is 1. The summed E-state index contributed by atoms with van der Waals surface area (Å²) in [7, 11) is 0. The van der Waals surface area contributed by atoms with Crippen molar-refractivity contribution in [2.75, 3.05) is 18.0 Å². The number of aromatic nitrogens is 4. The highest BCUT2D eigenvalue weighted by Gasteiger charge is 2.12. The minimum atomic E-state index is -0.249. The van der Waals surface area contributed by atoms with Gasteiger partial charge >= 0.3 is 0 Å². The molecule has 1 aliphatic heterocycles. The lowest BCUT2D eigenvalue weighted by molar-refractivity contribution is 0.0955. The highest BCUT2D eigenvalue weighted by molar-refractivity contribution is 7.17. The van der Waals surface area contributed by atoms with Crippen molar-refractivity contribution in [3.05, 3.63) is 82.7 Å². The molecule has 5 rings (SSSR count). The maximum absolute atomic E-state index is 12.4. The molecule has 2 aromatic carbocycles. The summed E-state index contributed by atoms with van der Waals surface area (Å²) in [6, 6.07) is 21.2. The number of rotatable bonds is 7. The lowest BCUT2D eigenvalue weighted by Gasteiger charge is -2.27. The maximum Gasteiger partial charge on any atom is 0.271 e. The zero-order valence-corrected chi connectivity index (χ0v) is 19.5. The molecule has 2 aromatic heterocycles. The Balaban J connectivity index is 1.14. The number of carbonyl (C=O) groups is 1. The van der Waals surface area contributed by atoms with Gasteiger partial charge in [-0.05, 0) is 54.3 Å². The van der Waals surface area contributed by atoms with Crippen LogP contribution in [-0.2, 0) is 6.54 Å². The zero-order valence-electron chi connectivity index (χ0n) is 18.7. The summed E-state index contributed by atoms with van der Waals surface area (Å²) in [4.78, 5) is 17.4. The fourth-order valence-electron chi connectivity index (χ4n) is 3.85. The van der Waals surface area contributed by atoms with Gasteiger partial charge in [0.1, 0.15) is 0 Å². The van der Waals surface area contributed by atoms with E-state index in [4.69, 9.17) is 0 Å². The number of amides is 1. The number of nitrogens with zero attached hydrogens (tertiary/aromatic N) is 6. The second-order valence-electron chi connectivity index (χ2n) is 8.13. The molecule has 0 radical (unpaired) electrons. The van der Waals surface area contributed by atoms with Crippen molar-refractivity contribution in [2.45, 2.75) is 25.8 Å². The quantitative estimate of drug-likeness (QED) is 0.322. The van der Waals surface area contributed by atoms with Crippen molar-refractivity contribution in [3.63, 3.8) is 0 Å². The van der Waals surface area contributed by atoms with E-state index in [1.54, 1.807) is 34.5 Å². The van der Waals surface area contributed by atoms with Gasteiger partial charge in [-0.25, -0.2) is 5.43 Å². The van der Waals surface area contributed by atoms with Crippen LogP contribution >= 0.6 is 11.3 Å². The normalized spacial score (nSPS) is 13.9. The Morgan fingerprint density at radius 2 is 1.79 bits per heavy atom. The van der Waals surface area contributed by atoms with Gasteiger partial charge in [0.15, 0.2) is 0 Å². The van der Waals surface area contributed by atoms with Crippen LogP contribution in [0.25, 0.3) is 11.4 Å². The predicted molar refractivity (Wildman–Crippen MR) is 134 cm³/mol. The van der Waals surface area contributed by atoms with Gasteiger partial charge in [0.2, 0.25) is 5.82 Å². The topological polar surface area (TPSA) is 88.3 Å². The fraction of sp³-hybridized carbons (Fsp3) is 0.240. The summed E-state index contributed by atoms with van der Waals surface area (Å²) >= 11 is 1.70. The van der Waals surface area contributed by atoms with E-state index in [0.29, 0.717) is 17.9 Å². The third-order valence-electron chi connectivity index (χ3n) is 5.66. The van der Waals surface area contributed by atoms with Crippen LogP contribution in [0, 0.1) is 0 Å². The average Bonchev–Trinajstić information content (AvgIpc) is 3.56. The number of benzene rings is 2. The smallest absolute Gasteiger partial charge is 0.271 e. The molecule has 1 saturated heterocycles. The Labute approximate surface area is 201 Å². The molecule has 34 heavy (non-hydrogen) atoms. The van der Waals surface area contributed by atoms with E-state index in [1.165, 1.54) is 24.3 Å². The molecule has 8 nitrogen and oxygen atoms in total. The molecule has 0 atom stereocenters. The maximum atomic E-state index is 12.4. The Kier molecular flexibility index (Phi) is 6.71. The molecule has 0 spiro atoms. The SMILES string of the molecule is O=C(NN=Cc1ccc(N2CCCCC2)s1)c1ccc(Cn2nnc(-c3ccccc3)n2)cc1. The second kappa shape index (κ2) is 10.4. The van der Waals surface area contributed by atoms with Crippen LogP contribution in [0.15, 0.2) is 71.8 Å². The van der Waals surface area contributed by atoms with Gasteiger partial charge in [0.25, 0.3) is 5.91 Å². The van der Waals surface area contributed by atoms with Gasteiger partial charge in [-0.2, -0.15) is 9.90 Å². The molecule has 0 unspecified atom stereocenters. The minimum absolute atomic E-state index is 0.249. The van der Waals surface area contributed by atoms with Crippen LogP contribution in [0.1, 0.15) is 40.1 Å². The highest BCUT2D eigenvalue weighted by atomic mass is 32.1. The molecule has 1 fully saturated rings. The number of nitrogens with one attached hydrogen (secondary N) is 1. The lowest BCUT2D eigenvalue weighted by Crippen LogP contribution is -2.28. The van der Waals surface area contributed by atoms with Crippen molar-refractivity contribution < 1.29 is 4.79 Å². The number of hydrogen-bond acceptors (Lipinski definition) is 7. The first-order chi connectivity index (χ1) is 16.7. The van der Waals surface area contributed by atoms with Crippen molar-refractivity contribution >= 4 is 28.5 Å². The van der Waals surface area contributed by atoms with Gasteiger partial charge in [-0.3, -0.25) is 4.79 Å². The molecule has 1 amide bonds. The Bertz CT molecular complexity index is 1260. The average molecular weight is 472 g/mol. The first-order valence-electron chi connectivity index (χ1n) is 11.3. The monoisotopic (exact) mass is 471 g/mol. The number of hydrogen-bond donors (Lipinski definition) is 1. The van der Waals surface area contributed by atoms with Crippen LogP contribution in [0.5, 0.6) is 0 Å². The van der Waals surface area contributed by atoms with Crippen LogP contribution in [0.2, 0.25) is 0 Å². The molecule has 172 valence electrons. The third-order valence-corrected chi connectivity index (χ3v) is 6.74. The number of hydrazone groups is 1. The Hall–Kier alpha value is -3.85. The summed E-state index contributed by atoms with van der Waals surface area (Å²) in [5.74, 6) is 0.337. The van der Waals surface area contributed by atoms with E-state index in [2.05, 4.69) is 36.9 Å². The Morgan fingerprint density at radius 1 is 1.00 bits per heavy atom. The Morgan fingerprint density at radius 3 is 2.59 bits per heavy atom. The van der Waals surface area contributed by atoms with Gasteiger partial charge in [0, 0.05) is 29.1 Å². The molecule has 9 heteroatoms. The molecular formula is C25H25N7OS. The van der Waals surface area contributed by atoms with Crippen molar-refractivity contribution in [2.24, 2.45) is 5.10 Å². The minimum Gasteiger partial charge on any atom is -0.363 e. The molecule has 4 aromatic rings. The molecule has 1 aliphatic rings. The van der Waals surface area contributed by atoms with Gasteiger partial charge in [-0.15, -0.1) is 21.5 Å². The molecule has 0 aliphatic carbocycles. The molecule has 0 saturated carbocycles. The van der Waals surface area contributed by atoms with Gasteiger partial charge in [-0.1, -0.05) is 42.5 Å². The van der Waals surface area contributed by atoms with E-state index >= 15 is 0 Å². The lowest BCUT2D eigenvalue weighted by atomic mass is 10.1. The first-order valence-corrected chi connectivity index (χ1v) is 12.2. The third kappa shape index (κ3) is 5.37. The molecule has 0 bridgehead atoms. The number of thiophene rings is 1. The summed E-state index contributed by atoms with van der Waals surface area (Å²) in [5, 5.41) is 18.1. The number of piperidine rings is 1. The molecule has 1 N–H and O–H groups in total. The predicted octanol–water partition coefficient (Wildman–Crippen LogP) is 4.20. The van der Waals surface area contributed by atoms with Crippen LogP contribution in [0.3, 0.4) is 0 Å². The van der Waals surface area contributed by atoms with E-state index in [0.717, 1.165) is 29.1 Å². The van der Waals surface area contributed by atoms with E-state index in [9.17, 15) is 4.79 Å². The standard InChI is InChI=1S/C25H25N7OS/c33-25(28-26-17-22-13-14-23(34-22)31-15-5-2-6-16-31)21-11-9-19(10-12-21)18-32-29-24(27-30-32)20-7-3-1-4-8-20/h1,3-4,7-14,17H,2,5-6,15-16,18H2,(H,28,33). The van der Waals surface area contributed by atoms with E-state index in [1.807, 2.05) is 48.5 Å². The van der Waals surface area contributed by atoms with Crippen LogP contribution < -0.4 is 10.3 Å². The van der Waals surface area contributed by atoms with Crippen molar-refractivity contribution in [1.82, 2.24) is 25.6 Å². The summed E-state index contributed by atoms with van der Waals surface area (Å²) in [6.45, 7) is 2.70. The van der Waals surface area contributed by atoms with Crippen LogP contribution in [-0.4, -0.2) is 45.4 Å². The fourth-order valence-corrected chi connectivity index (χ4v) is 4.78. The van der Waals surface area contributed by atoms with Crippen molar-refractivity contribution in [1.29, 1.82) is 0 Å². The number of carbonyl (C=O) groups excluding carboxylic acids is 1. The summed E-state index contributed by atoms with van der Waals surface area (Å²) in [6.07, 6.45) is 5.52. The van der Waals surface area contributed by atoms with Crippen LogP contribution in [0.4, 0.5) is 5.00 Å². The van der Waals surface area contributed by atoms with Crippen molar-refractivity contribution in [3.8, 4) is 11.4 Å². The molecular weight excluding hydrogens is 446 g/mol. The largest absolute Gasteiger partial charge is 0.363 e. The van der Waals surface area contributed by atoms with E-state index < -0.39 is 0 Å². The zero-order chi connectivity index (χ0) is 23.2. The molecule has 3 heterocycles. The van der Waals surface area contributed by atoms with Gasteiger partial charge in [0.05, 0.1) is 17.8 Å².